The predicted molar refractivity (Wildman–Crippen MR) is 106 cm³/mol. The number of anilines is 1. The first-order valence-corrected chi connectivity index (χ1v) is 10.9. The van der Waals surface area contributed by atoms with Crippen LogP contribution in [0.25, 0.3) is 0 Å². The van der Waals surface area contributed by atoms with Crippen LogP contribution in [-0.2, 0) is 25.6 Å². The number of halogens is 3. The van der Waals surface area contributed by atoms with Gasteiger partial charge in [-0.15, -0.1) is 0 Å². The van der Waals surface area contributed by atoms with E-state index in [1.165, 1.54) is 29.8 Å². The molecule has 5 rings (SSSR count). The molecule has 2 aromatic rings. The zero-order chi connectivity index (χ0) is 20.7. The summed E-state index contributed by atoms with van der Waals surface area (Å²) in [5, 5.41) is 7.78. The third-order valence-corrected chi connectivity index (χ3v) is 6.61. The van der Waals surface area contributed by atoms with E-state index in [9.17, 15) is 13.2 Å². The summed E-state index contributed by atoms with van der Waals surface area (Å²) in [4.78, 5) is 12.2. The van der Waals surface area contributed by atoms with Crippen molar-refractivity contribution in [2.45, 2.75) is 76.2 Å². The third kappa shape index (κ3) is 4.04. The first-order valence-electron chi connectivity index (χ1n) is 10.9. The molecule has 30 heavy (non-hydrogen) atoms. The smallest absolute Gasteiger partial charge is 0.350 e. The van der Waals surface area contributed by atoms with Crippen LogP contribution in [0.5, 0.6) is 0 Å². The lowest BCUT2D eigenvalue weighted by atomic mass is 9.95. The zero-order valence-corrected chi connectivity index (χ0v) is 17.0. The normalized spacial score (nSPS) is 20.9. The number of hydrogen-bond acceptors (Lipinski definition) is 5. The lowest BCUT2D eigenvalue weighted by molar-refractivity contribution is -0.141. The number of H-pyrrole nitrogens is 1. The Hall–Kier alpha value is -2.16. The topological polar surface area (TPSA) is 60.9 Å². The van der Waals surface area contributed by atoms with Gasteiger partial charge in [-0.05, 0) is 56.9 Å². The van der Waals surface area contributed by atoms with Gasteiger partial charge in [-0.2, -0.15) is 18.3 Å². The summed E-state index contributed by atoms with van der Waals surface area (Å²) in [6.07, 6.45) is 5.16. The molecule has 0 aromatic carbocycles. The van der Waals surface area contributed by atoms with Crippen molar-refractivity contribution >= 4 is 5.82 Å². The molecule has 3 heterocycles. The Balaban J connectivity index is 1.25. The van der Waals surface area contributed by atoms with E-state index in [1.54, 1.807) is 0 Å². The van der Waals surface area contributed by atoms with Crippen LogP contribution in [0.2, 0.25) is 0 Å². The summed E-state index contributed by atoms with van der Waals surface area (Å²) >= 11 is 0. The molecule has 0 spiro atoms. The van der Waals surface area contributed by atoms with Crippen LogP contribution in [-0.4, -0.2) is 50.2 Å². The van der Waals surface area contributed by atoms with Crippen LogP contribution in [0.4, 0.5) is 19.0 Å². The number of likely N-dealkylation sites (tertiary alicyclic amines) is 1. The van der Waals surface area contributed by atoms with Gasteiger partial charge in [0.2, 0.25) is 0 Å². The largest absolute Gasteiger partial charge is 0.433 e. The standard InChI is InChI=1S/C21H27F3N6/c22-21(23,24)19-11-20(26-13-25-19)30(14-5-6-14)15-7-9-29(10-8-15)12-18-16-3-1-2-4-17(16)27-28-18/h11,13-15H,1-10,12H2,(H,27,28). The van der Waals surface area contributed by atoms with Gasteiger partial charge in [0.05, 0.1) is 5.69 Å². The van der Waals surface area contributed by atoms with E-state index in [-0.39, 0.29) is 6.04 Å². The number of fused-ring (bicyclic) bond motifs is 1. The van der Waals surface area contributed by atoms with Crippen LogP contribution in [0.15, 0.2) is 12.4 Å². The van der Waals surface area contributed by atoms with Gasteiger partial charge >= 0.3 is 6.18 Å². The minimum absolute atomic E-state index is 0.220. The highest BCUT2D eigenvalue weighted by molar-refractivity contribution is 5.44. The summed E-state index contributed by atoms with van der Waals surface area (Å²) in [5.41, 5.74) is 3.02. The van der Waals surface area contributed by atoms with Crippen molar-refractivity contribution in [2.75, 3.05) is 18.0 Å². The summed E-state index contributed by atoms with van der Waals surface area (Å²) < 4.78 is 39.4. The molecule has 9 heteroatoms. The molecule has 0 atom stereocenters. The monoisotopic (exact) mass is 420 g/mol. The molecule has 3 aliphatic rings. The third-order valence-electron chi connectivity index (χ3n) is 6.61. The first kappa shape index (κ1) is 19.8. The average Bonchev–Trinajstić information content (AvgIpc) is 3.50. The number of aryl methyl sites for hydroxylation is 1. The van der Waals surface area contributed by atoms with Crippen molar-refractivity contribution in [2.24, 2.45) is 0 Å². The molecular weight excluding hydrogens is 393 g/mol. The second-order valence-electron chi connectivity index (χ2n) is 8.74. The Labute approximate surface area is 173 Å². The van der Waals surface area contributed by atoms with E-state index < -0.39 is 11.9 Å². The van der Waals surface area contributed by atoms with Gasteiger partial charge in [0.1, 0.15) is 17.8 Å². The molecule has 1 saturated carbocycles. The molecule has 162 valence electrons. The van der Waals surface area contributed by atoms with Crippen molar-refractivity contribution in [1.29, 1.82) is 0 Å². The van der Waals surface area contributed by atoms with E-state index >= 15 is 0 Å². The molecule has 2 fully saturated rings. The number of nitrogens with zero attached hydrogens (tertiary/aromatic N) is 5. The highest BCUT2D eigenvalue weighted by atomic mass is 19.4. The molecule has 0 bridgehead atoms. The van der Waals surface area contributed by atoms with E-state index in [4.69, 9.17) is 0 Å². The van der Waals surface area contributed by atoms with Crippen LogP contribution >= 0.6 is 0 Å². The molecule has 0 amide bonds. The number of rotatable bonds is 5. The van der Waals surface area contributed by atoms with Crippen molar-refractivity contribution in [3.8, 4) is 0 Å². The Bertz CT molecular complexity index is 883. The minimum Gasteiger partial charge on any atom is -0.350 e. The number of aromatic nitrogens is 4. The Morgan fingerprint density at radius 2 is 1.77 bits per heavy atom. The highest BCUT2D eigenvalue weighted by Gasteiger charge is 2.39. The number of alkyl halides is 3. The van der Waals surface area contributed by atoms with E-state index in [2.05, 4.69) is 30.0 Å². The molecule has 0 unspecified atom stereocenters. The summed E-state index contributed by atoms with van der Waals surface area (Å²) in [5.74, 6) is 0.416. The number of piperidine rings is 1. The average molecular weight is 420 g/mol. The van der Waals surface area contributed by atoms with E-state index in [1.807, 2.05) is 0 Å². The van der Waals surface area contributed by atoms with Crippen molar-refractivity contribution < 1.29 is 13.2 Å². The molecular formula is C21H27F3N6. The lowest BCUT2D eigenvalue weighted by Gasteiger charge is -2.39. The minimum atomic E-state index is -4.45. The van der Waals surface area contributed by atoms with Crippen molar-refractivity contribution in [1.82, 2.24) is 25.1 Å². The number of hydrogen-bond donors (Lipinski definition) is 1. The molecule has 1 N–H and O–H groups in total. The number of aromatic amines is 1. The summed E-state index contributed by atoms with van der Waals surface area (Å²) in [6, 6.07) is 1.63. The van der Waals surface area contributed by atoms with Gasteiger partial charge < -0.3 is 4.90 Å². The first-order chi connectivity index (χ1) is 14.5. The highest BCUT2D eigenvalue weighted by Crippen LogP contribution is 2.37. The van der Waals surface area contributed by atoms with Crippen LogP contribution in [0.1, 0.15) is 61.2 Å². The fraction of sp³-hybridized carbons (Fsp3) is 0.667. The maximum atomic E-state index is 13.1. The van der Waals surface area contributed by atoms with Crippen LogP contribution in [0.3, 0.4) is 0 Å². The SMILES string of the molecule is FC(F)(F)c1cc(N(C2CC2)C2CCN(Cc3n[nH]c4c3CCCC4)CC2)ncn1. The fourth-order valence-corrected chi connectivity index (χ4v) is 4.92. The zero-order valence-electron chi connectivity index (χ0n) is 17.0. The molecule has 0 radical (unpaired) electrons. The second kappa shape index (κ2) is 7.83. The van der Waals surface area contributed by atoms with Gasteiger partial charge in [0.15, 0.2) is 0 Å². The van der Waals surface area contributed by atoms with Crippen LogP contribution < -0.4 is 4.90 Å². The van der Waals surface area contributed by atoms with Gasteiger partial charge in [-0.1, -0.05) is 0 Å². The summed E-state index contributed by atoms with van der Waals surface area (Å²) in [6.45, 7) is 2.70. The Morgan fingerprint density at radius 1 is 1.03 bits per heavy atom. The summed E-state index contributed by atoms with van der Waals surface area (Å²) in [7, 11) is 0. The molecule has 2 aromatic heterocycles. The Morgan fingerprint density at radius 3 is 2.50 bits per heavy atom. The quantitative estimate of drug-likeness (QED) is 0.799. The molecule has 6 nitrogen and oxygen atoms in total. The van der Waals surface area contributed by atoms with E-state index in [0.717, 1.165) is 70.6 Å². The van der Waals surface area contributed by atoms with Crippen LogP contribution in [0, 0.1) is 0 Å². The molecule has 1 aliphatic heterocycles. The second-order valence-corrected chi connectivity index (χ2v) is 8.74. The number of nitrogens with one attached hydrogen (secondary N) is 1. The fourth-order valence-electron chi connectivity index (χ4n) is 4.92. The van der Waals surface area contributed by atoms with E-state index in [0.29, 0.717) is 11.9 Å². The van der Waals surface area contributed by atoms with Gasteiger partial charge in [-0.3, -0.25) is 10.00 Å². The maximum absolute atomic E-state index is 13.1. The predicted octanol–water partition coefficient (Wildman–Crippen LogP) is 3.73. The molecule has 1 saturated heterocycles. The van der Waals surface area contributed by atoms with Crippen molar-refractivity contribution in [3.05, 3.63) is 35.0 Å². The van der Waals surface area contributed by atoms with Crippen molar-refractivity contribution in [3.63, 3.8) is 0 Å². The van der Waals surface area contributed by atoms with Gasteiger partial charge in [-0.25, -0.2) is 9.97 Å². The lowest BCUT2D eigenvalue weighted by Crippen LogP contribution is -2.46. The molecule has 2 aliphatic carbocycles. The van der Waals surface area contributed by atoms with Gasteiger partial charge in [0.25, 0.3) is 0 Å². The Kier molecular flexibility index (Phi) is 5.16. The van der Waals surface area contributed by atoms with Gasteiger partial charge in [0, 0.05) is 43.5 Å². The maximum Gasteiger partial charge on any atom is 0.433 e.